The first-order chi connectivity index (χ1) is 10.1. The largest absolute Gasteiger partial charge is 0.378 e. The van der Waals surface area contributed by atoms with Crippen molar-refractivity contribution >= 4 is 17.3 Å². The summed E-state index contributed by atoms with van der Waals surface area (Å²) in [7, 11) is 0. The number of carbonyl (C=O) groups is 1. The number of carbonyl (C=O) groups excluding carboxylic acids is 1. The number of aryl methyl sites for hydroxylation is 1. The second kappa shape index (κ2) is 6.93. The fourth-order valence-electron chi connectivity index (χ4n) is 2.21. The van der Waals surface area contributed by atoms with E-state index in [1.54, 1.807) is 0 Å². The fraction of sp³-hybridized carbons (Fsp3) is 0.278. The van der Waals surface area contributed by atoms with E-state index in [1.807, 2.05) is 31.2 Å². The van der Waals surface area contributed by atoms with Crippen LogP contribution in [0.3, 0.4) is 0 Å². The molecule has 0 radical (unpaired) electrons. The summed E-state index contributed by atoms with van der Waals surface area (Å²) in [6, 6.07) is 16.5. The summed E-state index contributed by atoms with van der Waals surface area (Å²) in [6.07, 6.45) is 0.483. The number of nitrogens with one attached hydrogen (secondary N) is 2. The molecule has 0 heterocycles. The highest BCUT2D eigenvalue weighted by Gasteiger charge is 2.06. The molecular weight excluding hydrogens is 260 g/mol. The molecule has 1 atom stereocenters. The van der Waals surface area contributed by atoms with E-state index >= 15 is 0 Å². The van der Waals surface area contributed by atoms with Gasteiger partial charge in [0.1, 0.15) is 0 Å². The Morgan fingerprint density at radius 3 is 2.52 bits per heavy atom. The monoisotopic (exact) mass is 282 g/mol. The summed E-state index contributed by atoms with van der Waals surface area (Å²) < 4.78 is 0. The topological polar surface area (TPSA) is 41.1 Å². The van der Waals surface area contributed by atoms with Gasteiger partial charge in [0.05, 0.1) is 0 Å². The lowest BCUT2D eigenvalue weighted by Crippen LogP contribution is -2.10. The van der Waals surface area contributed by atoms with Crippen molar-refractivity contribution in [2.45, 2.75) is 33.2 Å². The smallest absolute Gasteiger partial charge is 0.224 e. The standard InChI is InChI=1S/C18H22N2O/c1-4-18(21)20-17-10-6-9-16(12-17)19-14(3)15-8-5-7-13(2)11-15/h5-12,14,19H,4H2,1-3H3,(H,20,21). The van der Waals surface area contributed by atoms with Gasteiger partial charge in [-0.1, -0.05) is 42.8 Å². The van der Waals surface area contributed by atoms with E-state index in [0.717, 1.165) is 11.4 Å². The second-order valence-electron chi connectivity index (χ2n) is 5.26. The first-order valence-electron chi connectivity index (χ1n) is 7.31. The van der Waals surface area contributed by atoms with E-state index in [1.165, 1.54) is 11.1 Å². The Hall–Kier alpha value is -2.29. The first kappa shape index (κ1) is 15.1. The van der Waals surface area contributed by atoms with Crippen LogP contribution in [0.25, 0.3) is 0 Å². The Bertz CT molecular complexity index is 622. The minimum atomic E-state index is 0.0267. The van der Waals surface area contributed by atoms with Crippen molar-refractivity contribution < 1.29 is 4.79 Å². The van der Waals surface area contributed by atoms with Crippen molar-refractivity contribution in [1.29, 1.82) is 0 Å². The van der Waals surface area contributed by atoms with Crippen molar-refractivity contribution in [3.63, 3.8) is 0 Å². The number of hydrogen-bond acceptors (Lipinski definition) is 2. The average molecular weight is 282 g/mol. The van der Waals surface area contributed by atoms with Crippen LogP contribution >= 0.6 is 0 Å². The van der Waals surface area contributed by atoms with Gasteiger partial charge in [0.25, 0.3) is 0 Å². The van der Waals surface area contributed by atoms with Gasteiger partial charge in [0.15, 0.2) is 0 Å². The Labute approximate surface area is 126 Å². The molecule has 1 amide bonds. The van der Waals surface area contributed by atoms with Crippen LogP contribution in [0.1, 0.15) is 37.4 Å². The molecule has 21 heavy (non-hydrogen) atoms. The van der Waals surface area contributed by atoms with Gasteiger partial charge in [-0.2, -0.15) is 0 Å². The highest BCUT2D eigenvalue weighted by atomic mass is 16.1. The summed E-state index contributed by atoms with van der Waals surface area (Å²) in [5.41, 5.74) is 4.32. The molecule has 110 valence electrons. The van der Waals surface area contributed by atoms with Crippen molar-refractivity contribution in [3.8, 4) is 0 Å². The van der Waals surface area contributed by atoms with Crippen LogP contribution in [0.2, 0.25) is 0 Å². The molecule has 0 bridgehead atoms. The average Bonchev–Trinajstić information content (AvgIpc) is 2.47. The molecule has 0 aliphatic rings. The van der Waals surface area contributed by atoms with E-state index in [9.17, 15) is 4.79 Å². The maximum absolute atomic E-state index is 11.4. The highest BCUT2D eigenvalue weighted by Crippen LogP contribution is 2.22. The van der Waals surface area contributed by atoms with Crippen LogP contribution in [0.4, 0.5) is 11.4 Å². The number of benzene rings is 2. The molecule has 0 aliphatic carbocycles. The Balaban J connectivity index is 2.08. The third-order valence-electron chi connectivity index (χ3n) is 3.39. The molecule has 0 aliphatic heterocycles. The SMILES string of the molecule is CCC(=O)Nc1cccc(NC(C)c2cccc(C)c2)c1. The molecule has 2 N–H and O–H groups in total. The van der Waals surface area contributed by atoms with Crippen molar-refractivity contribution in [2.24, 2.45) is 0 Å². The van der Waals surface area contributed by atoms with Gasteiger partial charge in [-0.25, -0.2) is 0 Å². The number of hydrogen-bond donors (Lipinski definition) is 2. The zero-order valence-corrected chi connectivity index (χ0v) is 12.8. The highest BCUT2D eigenvalue weighted by molar-refractivity contribution is 5.90. The lowest BCUT2D eigenvalue weighted by molar-refractivity contribution is -0.115. The van der Waals surface area contributed by atoms with Crippen LogP contribution in [0, 0.1) is 6.92 Å². The Morgan fingerprint density at radius 2 is 1.81 bits per heavy atom. The maximum Gasteiger partial charge on any atom is 0.224 e. The van der Waals surface area contributed by atoms with Crippen LogP contribution in [0.15, 0.2) is 48.5 Å². The van der Waals surface area contributed by atoms with Crippen LogP contribution in [-0.4, -0.2) is 5.91 Å². The van der Waals surface area contributed by atoms with E-state index in [-0.39, 0.29) is 11.9 Å². The van der Waals surface area contributed by atoms with E-state index in [2.05, 4.69) is 48.7 Å². The molecule has 0 saturated heterocycles. The Kier molecular flexibility index (Phi) is 4.99. The zero-order chi connectivity index (χ0) is 15.2. The second-order valence-corrected chi connectivity index (χ2v) is 5.26. The number of anilines is 2. The van der Waals surface area contributed by atoms with E-state index < -0.39 is 0 Å². The van der Waals surface area contributed by atoms with Gasteiger partial charge in [0.2, 0.25) is 5.91 Å². The van der Waals surface area contributed by atoms with Crippen molar-refractivity contribution in [3.05, 3.63) is 59.7 Å². The fourth-order valence-corrected chi connectivity index (χ4v) is 2.21. The summed E-state index contributed by atoms with van der Waals surface area (Å²) in [5, 5.41) is 6.34. The minimum absolute atomic E-state index is 0.0267. The van der Waals surface area contributed by atoms with Gasteiger partial charge < -0.3 is 10.6 Å². The summed E-state index contributed by atoms with van der Waals surface area (Å²) in [6.45, 7) is 6.07. The van der Waals surface area contributed by atoms with Crippen LogP contribution < -0.4 is 10.6 Å². The molecule has 0 fully saturated rings. The van der Waals surface area contributed by atoms with Gasteiger partial charge in [-0.3, -0.25) is 4.79 Å². The quantitative estimate of drug-likeness (QED) is 0.846. The molecule has 3 heteroatoms. The summed E-state index contributed by atoms with van der Waals surface area (Å²) in [4.78, 5) is 11.4. The maximum atomic E-state index is 11.4. The minimum Gasteiger partial charge on any atom is -0.378 e. The number of amides is 1. The number of rotatable bonds is 5. The predicted octanol–water partition coefficient (Wildman–Crippen LogP) is 4.52. The Morgan fingerprint density at radius 1 is 1.10 bits per heavy atom. The van der Waals surface area contributed by atoms with Crippen molar-refractivity contribution in [2.75, 3.05) is 10.6 Å². The lowest BCUT2D eigenvalue weighted by Gasteiger charge is -2.17. The molecule has 0 spiro atoms. The zero-order valence-electron chi connectivity index (χ0n) is 12.8. The molecular formula is C18H22N2O. The van der Waals surface area contributed by atoms with E-state index in [0.29, 0.717) is 6.42 Å². The molecule has 1 unspecified atom stereocenters. The van der Waals surface area contributed by atoms with E-state index in [4.69, 9.17) is 0 Å². The van der Waals surface area contributed by atoms with Gasteiger partial charge in [0, 0.05) is 23.8 Å². The van der Waals surface area contributed by atoms with Crippen LogP contribution in [0.5, 0.6) is 0 Å². The first-order valence-corrected chi connectivity index (χ1v) is 7.31. The molecule has 0 aromatic heterocycles. The third kappa shape index (κ3) is 4.35. The summed E-state index contributed by atoms with van der Waals surface area (Å²) >= 11 is 0. The van der Waals surface area contributed by atoms with Gasteiger partial charge >= 0.3 is 0 Å². The molecule has 2 aromatic rings. The molecule has 3 nitrogen and oxygen atoms in total. The summed E-state index contributed by atoms with van der Waals surface area (Å²) in [5.74, 6) is 0.0267. The molecule has 2 rings (SSSR count). The van der Waals surface area contributed by atoms with Gasteiger partial charge in [-0.05, 0) is 37.6 Å². The normalized spacial score (nSPS) is 11.8. The van der Waals surface area contributed by atoms with Crippen LogP contribution in [-0.2, 0) is 4.79 Å². The molecule has 0 saturated carbocycles. The third-order valence-corrected chi connectivity index (χ3v) is 3.39. The molecule has 2 aromatic carbocycles. The lowest BCUT2D eigenvalue weighted by atomic mass is 10.1. The van der Waals surface area contributed by atoms with Crippen molar-refractivity contribution in [1.82, 2.24) is 0 Å². The predicted molar refractivity (Wildman–Crippen MR) is 88.6 cm³/mol. The van der Waals surface area contributed by atoms with Gasteiger partial charge in [-0.15, -0.1) is 0 Å².